The van der Waals surface area contributed by atoms with Gasteiger partial charge in [0, 0.05) is 89.9 Å². The van der Waals surface area contributed by atoms with E-state index in [2.05, 4.69) is 20.1 Å². The highest BCUT2D eigenvalue weighted by Crippen LogP contribution is 2.31. The van der Waals surface area contributed by atoms with Crippen molar-refractivity contribution < 1.29 is 27.5 Å². The first-order valence-corrected chi connectivity index (χ1v) is 16.5. The SMILES string of the molecule is COc1cc(C)c(S(=O)(=O)N(C)CCOCC(=O)N2CCC(CNC(C)=O)(N3CCN(c4ccncc4)CC3)CC2)c(C)c1. The molecule has 13 heteroatoms. The molecule has 2 aliphatic rings. The van der Waals surface area contributed by atoms with Crippen LogP contribution < -0.4 is 15.0 Å². The summed E-state index contributed by atoms with van der Waals surface area (Å²) in [6.07, 6.45) is 5.10. The van der Waals surface area contributed by atoms with E-state index in [9.17, 15) is 18.0 Å². The molecule has 0 atom stereocenters. The van der Waals surface area contributed by atoms with E-state index >= 15 is 0 Å². The third-order valence-corrected chi connectivity index (χ3v) is 11.0. The van der Waals surface area contributed by atoms with Crippen LogP contribution >= 0.6 is 0 Å². The molecule has 1 N–H and O–H groups in total. The Morgan fingerprint density at radius 2 is 1.64 bits per heavy atom. The van der Waals surface area contributed by atoms with E-state index in [0.29, 0.717) is 36.5 Å². The number of pyridine rings is 1. The smallest absolute Gasteiger partial charge is 0.248 e. The van der Waals surface area contributed by atoms with Crippen molar-refractivity contribution in [3.63, 3.8) is 0 Å². The van der Waals surface area contributed by atoms with E-state index in [1.165, 1.54) is 18.3 Å². The predicted molar refractivity (Wildman–Crippen MR) is 168 cm³/mol. The number of likely N-dealkylation sites (tertiary alicyclic amines) is 1. The van der Waals surface area contributed by atoms with Gasteiger partial charge in [0.05, 0.1) is 18.6 Å². The van der Waals surface area contributed by atoms with Crippen molar-refractivity contribution in [2.45, 2.75) is 44.0 Å². The molecule has 0 radical (unpaired) electrons. The van der Waals surface area contributed by atoms with Gasteiger partial charge >= 0.3 is 0 Å². The molecular weight excluding hydrogens is 584 g/mol. The molecule has 2 fully saturated rings. The monoisotopic (exact) mass is 630 g/mol. The number of piperidine rings is 1. The number of nitrogens with one attached hydrogen (secondary N) is 1. The Bertz CT molecular complexity index is 1370. The number of sulfonamides is 1. The maximum atomic E-state index is 13.2. The van der Waals surface area contributed by atoms with Gasteiger partial charge in [-0.2, -0.15) is 4.31 Å². The van der Waals surface area contributed by atoms with Gasteiger partial charge in [0.25, 0.3) is 0 Å². The highest BCUT2D eigenvalue weighted by molar-refractivity contribution is 7.89. The zero-order valence-electron chi connectivity index (χ0n) is 26.5. The van der Waals surface area contributed by atoms with Crippen molar-refractivity contribution in [1.29, 1.82) is 0 Å². The number of nitrogens with zero attached hydrogens (tertiary/aromatic N) is 5. The Morgan fingerprint density at radius 3 is 2.20 bits per heavy atom. The van der Waals surface area contributed by atoms with Crippen molar-refractivity contribution in [1.82, 2.24) is 24.4 Å². The fraction of sp³-hybridized carbons (Fsp3) is 0.581. The number of piperazine rings is 1. The average Bonchev–Trinajstić information content (AvgIpc) is 3.02. The summed E-state index contributed by atoms with van der Waals surface area (Å²) in [5, 5.41) is 3.04. The number of benzene rings is 1. The number of hydrogen-bond acceptors (Lipinski definition) is 9. The second-order valence-corrected chi connectivity index (χ2v) is 13.6. The van der Waals surface area contributed by atoms with Crippen LogP contribution in [0.3, 0.4) is 0 Å². The number of anilines is 1. The molecular formula is C31H46N6O6S. The van der Waals surface area contributed by atoms with Crippen LogP contribution in [-0.4, -0.2) is 125 Å². The number of carbonyl (C=O) groups excluding carboxylic acids is 2. The van der Waals surface area contributed by atoms with Gasteiger partial charge in [-0.1, -0.05) is 0 Å². The first-order chi connectivity index (χ1) is 21.0. The number of aromatic nitrogens is 1. The van der Waals surface area contributed by atoms with Gasteiger partial charge in [0.15, 0.2) is 0 Å². The zero-order chi connectivity index (χ0) is 31.9. The van der Waals surface area contributed by atoms with Crippen LogP contribution in [0.4, 0.5) is 5.69 Å². The fourth-order valence-corrected chi connectivity index (χ4v) is 7.77. The Kier molecular flexibility index (Phi) is 11.2. The van der Waals surface area contributed by atoms with E-state index in [1.54, 1.807) is 45.5 Å². The molecule has 1 aromatic carbocycles. The molecule has 12 nitrogen and oxygen atoms in total. The van der Waals surface area contributed by atoms with Crippen LogP contribution in [-0.2, 0) is 24.3 Å². The van der Waals surface area contributed by atoms with Crippen LogP contribution in [0.1, 0.15) is 30.9 Å². The summed E-state index contributed by atoms with van der Waals surface area (Å²) in [5.41, 5.74) is 2.16. The Morgan fingerprint density at radius 1 is 1.02 bits per heavy atom. The van der Waals surface area contributed by atoms with Gasteiger partial charge in [0.2, 0.25) is 21.8 Å². The van der Waals surface area contributed by atoms with Crippen LogP contribution in [0.2, 0.25) is 0 Å². The number of ether oxygens (including phenoxy) is 2. The molecule has 2 aromatic rings. The molecule has 2 aliphatic heterocycles. The van der Waals surface area contributed by atoms with Crippen molar-refractivity contribution in [3.05, 3.63) is 47.8 Å². The molecule has 0 saturated carbocycles. The highest BCUT2D eigenvalue weighted by atomic mass is 32.2. The number of likely N-dealkylation sites (N-methyl/N-ethyl adjacent to an activating group) is 1. The number of rotatable bonds is 12. The Hall–Kier alpha value is -3.26. The molecule has 0 unspecified atom stereocenters. The average molecular weight is 631 g/mol. The first-order valence-electron chi connectivity index (χ1n) is 15.1. The van der Waals surface area contributed by atoms with E-state index in [-0.39, 0.29) is 42.0 Å². The number of amides is 2. The minimum Gasteiger partial charge on any atom is -0.497 e. The van der Waals surface area contributed by atoms with Crippen LogP contribution in [0.15, 0.2) is 41.6 Å². The highest BCUT2D eigenvalue weighted by Gasteiger charge is 2.42. The minimum absolute atomic E-state index is 0.0593. The molecule has 2 saturated heterocycles. The summed E-state index contributed by atoms with van der Waals surface area (Å²) in [4.78, 5) is 35.9. The number of aryl methyl sites for hydroxylation is 2. The van der Waals surface area contributed by atoms with Gasteiger partial charge in [-0.15, -0.1) is 0 Å². The molecule has 0 spiro atoms. The zero-order valence-corrected chi connectivity index (χ0v) is 27.4. The standard InChI is InChI=1S/C31H46N6O6S/c1-24-20-28(42-5)21-25(2)30(24)44(40,41)34(4)18-19-43-22-29(39)36-12-8-31(9-13-36,23-33-26(3)38)37-16-14-35(15-17-37)27-6-10-32-11-7-27/h6-7,10-11,20-21H,8-9,12-19,22-23H2,1-5H3,(H,33,38). The molecule has 1 aromatic heterocycles. The van der Waals surface area contributed by atoms with E-state index in [1.807, 2.05) is 17.0 Å². The van der Waals surface area contributed by atoms with Crippen LogP contribution in [0.5, 0.6) is 5.75 Å². The van der Waals surface area contributed by atoms with Gasteiger partial charge < -0.3 is 24.6 Å². The summed E-state index contributed by atoms with van der Waals surface area (Å²) >= 11 is 0. The van der Waals surface area contributed by atoms with Gasteiger partial charge in [0.1, 0.15) is 12.4 Å². The number of carbonyl (C=O) groups is 2. The summed E-state index contributed by atoms with van der Waals surface area (Å²) in [6, 6.07) is 7.45. The number of methoxy groups -OCH3 is 1. The molecule has 4 rings (SSSR count). The largest absolute Gasteiger partial charge is 0.497 e. The molecule has 0 bridgehead atoms. The third kappa shape index (κ3) is 7.87. The lowest BCUT2D eigenvalue weighted by atomic mass is 9.84. The number of hydrogen-bond donors (Lipinski definition) is 1. The van der Waals surface area contributed by atoms with Crippen molar-refractivity contribution in [2.24, 2.45) is 0 Å². The maximum absolute atomic E-state index is 13.2. The Labute approximate surface area is 261 Å². The van der Waals surface area contributed by atoms with E-state index in [0.717, 1.165) is 44.7 Å². The van der Waals surface area contributed by atoms with Crippen LogP contribution in [0, 0.1) is 13.8 Å². The molecule has 3 heterocycles. The summed E-state index contributed by atoms with van der Waals surface area (Å²) < 4.78 is 38.7. The summed E-state index contributed by atoms with van der Waals surface area (Å²) in [5.74, 6) is 0.432. The lowest BCUT2D eigenvalue weighted by Crippen LogP contribution is -2.65. The Balaban J connectivity index is 1.27. The molecule has 2 amide bonds. The van der Waals surface area contributed by atoms with Crippen molar-refractivity contribution in [2.75, 3.05) is 84.6 Å². The maximum Gasteiger partial charge on any atom is 0.248 e. The van der Waals surface area contributed by atoms with Gasteiger partial charge in [-0.25, -0.2) is 8.42 Å². The fourth-order valence-electron chi connectivity index (χ4n) is 6.22. The van der Waals surface area contributed by atoms with Crippen molar-refractivity contribution >= 4 is 27.5 Å². The first kappa shape index (κ1) is 33.6. The third-order valence-electron chi connectivity index (χ3n) is 8.81. The molecule has 242 valence electrons. The van der Waals surface area contributed by atoms with E-state index < -0.39 is 10.0 Å². The van der Waals surface area contributed by atoms with Crippen LogP contribution in [0.25, 0.3) is 0 Å². The summed E-state index contributed by atoms with van der Waals surface area (Å²) in [6.45, 7) is 10.3. The predicted octanol–water partition coefficient (Wildman–Crippen LogP) is 1.66. The lowest BCUT2D eigenvalue weighted by Gasteiger charge is -2.51. The minimum atomic E-state index is -3.74. The lowest BCUT2D eigenvalue weighted by molar-refractivity contribution is -0.139. The topological polar surface area (TPSA) is 125 Å². The second kappa shape index (κ2) is 14.7. The summed E-state index contributed by atoms with van der Waals surface area (Å²) in [7, 11) is -0.678. The quantitative estimate of drug-likeness (QED) is 0.349. The van der Waals surface area contributed by atoms with Gasteiger partial charge in [-0.3, -0.25) is 19.5 Å². The van der Waals surface area contributed by atoms with E-state index in [4.69, 9.17) is 9.47 Å². The molecule has 0 aliphatic carbocycles. The second-order valence-electron chi connectivity index (χ2n) is 11.7. The van der Waals surface area contributed by atoms with Crippen molar-refractivity contribution in [3.8, 4) is 5.75 Å². The molecule has 44 heavy (non-hydrogen) atoms. The van der Waals surface area contributed by atoms with Gasteiger partial charge in [-0.05, 0) is 62.1 Å². The normalized spacial score (nSPS) is 17.5.